The zero-order valence-corrected chi connectivity index (χ0v) is 7.13. The molecule has 3 heteroatoms. The van der Waals surface area contributed by atoms with Crippen LogP contribution in [0.15, 0.2) is 0 Å². The summed E-state index contributed by atoms with van der Waals surface area (Å²) in [5.41, 5.74) is 0.198. The van der Waals surface area contributed by atoms with Gasteiger partial charge in [0.2, 0.25) is 0 Å². The summed E-state index contributed by atoms with van der Waals surface area (Å²) in [6.07, 6.45) is 1.81. The van der Waals surface area contributed by atoms with E-state index in [9.17, 15) is 0 Å². The van der Waals surface area contributed by atoms with Crippen LogP contribution in [-0.4, -0.2) is 33.8 Å². The van der Waals surface area contributed by atoms with Gasteiger partial charge in [-0.1, -0.05) is 0 Å². The molecule has 1 aliphatic heterocycles. The second-order valence-electron chi connectivity index (χ2n) is 2.29. The van der Waals surface area contributed by atoms with Gasteiger partial charge in [-0.25, -0.2) is 0 Å². The standard InChI is InChI=1S/C5H12O2Si/c6-4-2-1-3-7-5(4)8/h4-6H,1-3H2,8H3. The topological polar surface area (TPSA) is 29.5 Å². The van der Waals surface area contributed by atoms with Gasteiger partial charge in [0.05, 0.1) is 11.8 Å². The summed E-state index contributed by atoms with van der Waals surface area (Å²) in [6, 6.07) is 0. The maximum absolute atomic E-state index is 9.09. The van der Waals surface area contributed by atoms with Crippen molar-refractivity contribution in [3.8, 4) is 0 Å². The summed E-state index contributed by atoms with van der Waals surface area (Å²) < 4.78 is 5.20. The van der Waals surface area contributed by atoms with E-state index in [2.05, 4.69) is 0 Å². The van der Waals surface area contributed by atoms with Crippen molar-refractivity contribution >= 4 is 10.2 Å². The Kier molecular flexibility index (Phi) is 2.05. The molecule has 1 saturated heterocycles. The summed E-state index contributed by atoms with van der Waals surface area (Å²) in [4.78, 5) is 0. The minimum Gasteiger partial charge on any atom is -0.391 e. The summed E-state index contributed by atoms with van der Waals surface area (Å²) in [5.74, 6) is 0. The van der Waals surface area contributed by atoms with Gasteiger partial charge in [-0.05, 0) is 12.8 Å². The van der Waals surface area contributed by atoms with Crippen LogP contribution in [0.5, 0.6) is 0 Å². The van der Waals surface area contributed by atoms with Gasteiger partial charge >= 0.3 is 0 Å². The second-order valence-corrected chi connectivity index (χ2v) is 3.42. The average Bonchev–Trinajstić information content (AvgIpc) is 1.77. The smallest absolute Gasteiger partial charge is 0.0762 e. The minimum atomic E-state index is -0.157. The highest BCUT2D eigenvalue weighted by Gasteiger charge is 2.17. The second kappa shape index (κ2) is 2.62. The third-order valence-corrected chi connectivity index (χ3v) is 2.67. The maximum Gasteiger partial charge on any atom is 0.0762 e. The lowest BCUT2D eigenvalue weighted by Crippen LogP contribution is -2.33. The van der Waals surface area contributed by atoms with Gasteiger partial charge in [-0.15, -0.1) is 0 Å². The highest BCUT2D eigenvalue weighted by molar-refractivity contribution is 6.11. The van der Waals surface area contributed by atoms with E-state index in [1.54, 1.807) is 0 Å². The number of hydrogen-bond donors (Lipinski definition) is 1. The summed E-state index contributed by atoms with van der Waals surface area (Å²) in [6.45, 7) is 0.852. The van der Waals surface area contributed by atoms with Crippen LogP contribution in [0.25, 0.3) is 0 Å². The van der Waals surface area contributed by atoms with Crippen molar-refractivity contribution in [3.63, 3.8) is 0 Å². The summed E-state index contributed by atoms with van der Waals surface area (Å²) in [7, 11) is 0.962. The van der Waals surface area contributed by atoms with Gasteiger partial charge in [-0.2, -0.15) is 0 Å². The normalized spacial score (nSPS) is 40.1. The van der Waals surface area contributed by atoms with Crippen LogP contribution >= 0.6 is 0 Å². The molecule has 1 rings (SSSR count). The molecule has 0 bridgehead atoms. The molecule has 2 atom stereocenters. The fourth-order valence-corrected chi connectivity index (χ4v) is 1.48. The van der Waals surface area contributed by atoms with Crippen molar-refractivity contribution in [1.29, 1.82) is 0 Å². The zero-order valence-electron chi connectivity index (χ0n) is 5.13. The van der Waals surface area contributed by atoms with Gasteiger partial charge in [0.25, 0.3) is 0 Å². The van der Waals surface area contributed by atoms with Crippen molar-refractivity contribution < 1.29 is 9.84 Å². The molecule has 0 aromatic rings. The van der Waals surface area contributed by atoms with Crippen LogP contribution in [0.4, 0.5) is 0 Å². The fourth-order valence-electron chi connectivity index (χ4n) is 0.907. The molecule has 0 amide bonds. The van der Waals surface area contributed by atoms with Crippen LogP contribution in [0, 0.1) is 0 Å². The first-order valence-electron chi connectivity index (χ1n) is 3.10. The van der Waals surface area contributed by atoms with E-state index >= 15 is 0 Å². The molecule has 8 heavy (non-hydrogen) atoms. The Hall–Kier alpha value is 0.137. The fraction of sp³-hybridized carbons (Fsp3) is 1.00. The van der Waals surface area contributed by atoms with E-state index in [0.29, 0.717) is 0 Å². The lowest BCUT2D eigenvalue weighted by atomic mass is 10.2. The quantitative estimate of drug-likeness (QED) is 0.422. The van der Waals surface area contributed by atoms with Gasteiger partial charge in [0.1, 0.15) is 0 Å². The molecule has 1 aliphatic rings. The Bertz CT molecular complexity index is 66.8. The third-order valence-electron chi connectivity index (χ3n) is 1.57. The predicted molar refractivity (Wildman–Crippen MR) is 34.9 cm³/mol. The highest BCUT2D eigenvalue weighted by atomic mass is 28.1. The average molecular weight is 132 g/mol. The third kappa shape index (κ3) is 1.31. The van der Waals surface area contributed by atoms with Gasteiger partial charge in [0.15, 0.2) is 0 Å². The Balaban J connectivity index is 2.28. The van der Waals surface area contributed by atoms with Crippen molar-refractivity contribution in [2.75, 3.05) is 6.61 Å². The zero-order chi connectivity index (χ0) is 5.98. The minimum absolute atomic E-state index is 0.157. The molecule has 0 aromatic carbocycles. The van der Waals surface area contributed by atoms with Crippen LogP contribution in [0.2, 0.25) is 0 Å². The summed E-state index contributed by atoms with van der Waals surface area (Å²) >= 11 is 0. The van der Waals surface area contributed by atoms with E-state index < -0.39 is 0 Å². The van der Waals surface area contributed by atoms with E-state index in [0.717, 1.165) is 29.7 Å². The first-order chi connectivity index (χ1) is 3.80. The van der Waals surface area contributed by atoms with Crippen molar-refractivity contribution in [2.45, 2.75) is 24.7 Å². The Labute approximate surface area is 52.3 Å². The van der Waals surface area contributed by atoms with E-state index in [1.165, 1.54) is 0 Å². The first-order valence-corrected chi connectivity index (χ1v) is 4.26. The number of ether oxygens (including phenoxy) is 1. The number of rotatable bonds is 0. The van der Waals surface area contributed by atoms with Gasteiger partial charge in [0, 0.05) is 16.8 Å². The molecule has 0 radical (unpaired) electrons. The van der Waals surface area contributed by atoms with Crippen molar-refractivity contribution in [3.05, 3.63) is 0 Å². The Morgan fingerprint density at radius 2 is 2.38 bits per heavy atom. The molecule has 0 saturated carbocycles. The molecule has 1 N–H and O–H groups in total. The van der Waals surface area contributed by atoms with Crippen molar-refractivity contribution in [1.82, 2.24) is 0 Å². The molecule has 0 aliphatic carbocycles. The SMILES string of the molecule is OC1CCCOC1[SiH3]. The van der Waals surface area contributed by atoms with E-state index in [1.807, 2.05) is 0 Å². The molecule has 48 valence electrons. The molecule has 1 heterocycles. The Morgan fingerprint density at radius 3 is 2.75 bits per heavy atom. The number of aliphatic hydroxyl groups is 1. The van der Waals surface area contributed by atoms with E-state index in [4.69, 9.17) is 9.84 Å². The van der Waals surface area contributed by atoms with Crippen LogP contribution in [0.3, 0.4) is 0 Å². The predicted octanol–water partition coefficient (Wildman–Crippen LogP) is -1.15. The molecule has 2 unspecified atom stereocenters. The molecular weight excluding hydrogens is 120 g/mol. The Morgan fingerprint density at radius 1 is 1.62 bits per heavy atom. The first kappa shape index (κ1) is 6.26. The number of aliphatic hydroxyl groups excluding tert-OH is 1. The highest BCUT2D eigenvalue weighted by Crippen LogP contribution is 2.09. The maximum atomic E-state index is 9.09. The van der Waals surface area contributed by atoms with Crippen LogP contribution in [0.1, 0.15) is 12.8 Å². The monoisotopic (exact) mass is 132 g/mol. The number of hydrogen-bond acceptors (Lipinski definition) is 2. The van der Waals surface area contributed by atoms with Crippen LogP contribution in [-0.2, 0) is 4.74 Å². The molecule has 0 aromatic heterocycles. The molecule has 0 spiro atoms. The van der Waals surface area contributed by atoms with Gasteiger partial charge < -0.3 is 9.84 Å². The molecular formula is C5H12O2Si. The molecule has 1 fully saturated rings. The summed E-state index contributed by atoms with van der Waals surface area (Å²) in [5, 5.41) is 9.09. The molecule has 2 nitrogen and oxygen atoms in total. The van der Waals surface area contributed by atoms with Crippen molar-refractivity contribution in [2.24, 2.45) is 0 Å². The lowest BCUT2D eigenvalue weighted by Gasteiger charge is -2.24. The largest absolute Gasteiger partial charge is 0.391 e. The van der Waals surface area contributed by atoms with Gasteiger partial charge in [-0.3, -0.25) is 0 Å². The van der Waals surface area contributed by atoms with E-state index in [-0.39, 0.29) is 11.8 Å². The van der Waals surface area contributed by atoms with Crippen LogP contribution < -0.4 is 0 Å². The lowest BCUT2D eigenvalue weighted by molar-refractivity contribution is -0.0308.